The first-order chi connectivity index (χ1) is 26.1. The molecule has 4 nitrogen and oxygen atoms in total. The molecule has 0 spiro atoms. The molecular formula is C48H48O4Si-. The molecule has 0 aliphatic heterocycles. The minimum atomic E-state index is -3.16. The van der Waals surface area contributed by atoms with E-state index >= 15 is 0 Å². The fraction of sp³-hybridized carbons (Fsp3) is 0.250. The van der Waals surface area contributed by atoms with Gasteiger partial charge in [-0.25, -0.2) is 0 Å². The highest BCUT2D eigenvalue weighted by atomic mass is 28.4. The summed E-state index contributed by atoms with van der Waals surface area (Å²) >= 11 is 0. The second kappa shape index (κ2) is 15.8. The van der Waals surface area contributed by atoms with E-state index in [-0.39, 0.29) is 11.5 Å². The summed E-state index contributed by atoms with van der Waals surface area (Å²) in [6.45, 7) is 0. The molecule has 0 bridgehead atoms. The lowest BCUT2D eigenvalue weighted by Gasteiger charge is -2.57. The summed E-state index contributed by atoms with van der Waals surface area (Å²) in [5, 5.41) is 23.7. The molecule has 2 aliphatic rings. The van der Waals surface area contributed by atoms with Gasteiger partial charge in [-0.15, -0.1) is 0 Å². The third kappa shape index (κ3) is 7.11. The summed E-state index contributed by atoms with van der Waals surface area (Å²) in [5.41, 5.74) is 7.37. The zero-order chi connectivity index (χ0) is 36.0. The second-order valence-corrected chi connectivity index (χ2v) is 18.2. The molecule has 0 amide bonds. The maximum absolute atomic E-state index is 11.8. The van der Waals surface area contributed by atoms with E-state index in [4.69, 9.17) is 8.85 Å². The van der Waals surface area contributed by atoms with Gasteiger partial charge in [0.1, 0.15) is 11.5 Å². The molecule has 0 heterocycles. The summed E-state index contributed by atoms with van der Waals surface area (Å²) in [6, 6.07) is 48.5. The minimum Gasteiger partial charge on any atom is -0.662 e. The van der Waals surface area contributed by atoms with Crippen LogP contribution in [0.2, 0.25) is 11.1 Å². The molecule has 2 aliphatic carbocycles. The molecule has 2 N–H and O–H groups in total. The molecule has 0 radical (unpaired) electrons. The standard InChI is InChI=1S/C48H48O4Si/c49-47-39(35-19-5-1-6-20-35)29-17-31-43(47)41-27-13-15-33-45(41)51-53(37-23-9-3-10-24-37,38-25-11-4-12-26-38)52-46-34-16-14-28-42(46)44-32-18-30-40(48(44)50)36-21-7-2-8-22-36/h1-2,5-8,13-22,27-34,37-38,49-50H,3-4,9-12,23-26H2/q-1. The van der Waals surface area contributed by atoms with Gasteiger partial charge < -0.3 is 19.1 Å². The highest BCUT2D eigenvalue weighted by Gasteiger charge is 2.45. The summed E-state index contributed by atoms with van der Waals surface area (Å²) < 4.78 is 15.5. The molecule has 269 valence electrons. The number of hydrogen-bond acceptors (Lipinski definition) is 4. The largest absolute Gasteiger partial charge is 0.662 e. The number of hydrogen-bond donors (Lipinski definition) is 2. The Morgan fingerprint density at radius 1 is 0.358 bits per heavy atom. The monoisotopic (exact) mass is 716 g/mol. The van der Waals surface area contributed by atoms with Crippen molar-refractivity contribution in [2.75, 3.05) is 0 Å². The lowest BCUT2D eigenvalue weighted by atomic mass is 9.97. The Balaban J connectivity index is 1.26. The van der Waals surface area contributed by atoms with Gasteiger partial charge >= 0.3 is 0 Å². The second-order valence-electron chi connectivity index (χ2n) is 14.7. The van der Waals surface area contributed by atoms with Gasteiger partial charge in [-0.05, 0) is 23.3 Å². The van der Waals surface area contributed by atoms with Crippen LogP contribution in [0.15, 0.2) is 146 Å². The van der Waals surface area contributed by atoms with E-state index in [9.17, 15) is 10.2 Å². The molecule has 0 saturated heterocycles. The quantitative estimate of drug-likeness (QED) is 0.139. The van der Waals surface area contributed by atoms with E-state index in [1.54, 1.807) is 0 Å². The van der Waals surface area contributed by atoms with E-state index in [2.05, 4.69) is 24.3 Å². The van der Waals surface area contributed by atoms with Crippen LogP contribution in [-0.2, 0) is 0 Å². The van der Waals surface area contributed by atoms with Gasteiger partial charge in [-0.2, -0.15) is 0 Å². The van der Waals surface area contributed by atoms with Gasteiger partial charge in [0.05, 0.1) is 11.5 Å². The zero-order valence-corrected chi connectivity index (χ0v) is 31.3. The van der Waals surface area contributed by atoms with E-state index in [1.807, 2.05) is 121 Å². The Bertz CT molecular complexity index is 1980. The number of phenolic OH excluding ortho intramolecular Hbond substituents is 2. The van der Waals surface area contributed by atoms with E-state index in [0.29, 0.717) is 11.1 Å². The third-order valence-corrected chi connectivity index (χ3v) is 16.0. The number of para-hydroxylation sites is 4. The number of aromatic hydroxyl groups is 2. The van der Waals surface area contributed by atoms with Crippen LogP contribution < -0.4 is 8.85 Å². The van der Waals surface area contributed by atoms with Crippen molar-refractivity contribution in [2.45, 2.75) is 75.3 Å². The Morgan fingerprint density at radius 3 is 1.11 bits per heavy atom. The van der Waals surface area contributed by atoms with Crippen molar-refractivity contribution >= 4 is 8.56 Å². The predicted octanol–water partition coefficient (Wildman–Crippen LogP) is 13.3. The van der Waals surface area contributed by atoms with Crippen LogP contribution in [0.25, 0.3) is 44.5 Å². The fourth-order valence-corrected chi connectivity index (χ4v) is 13.7. The number of benzene rings is 6. The molecule has 5 heteroatoms. The van der Waals surface area contributed by atoms with E-state index in [1.165, 1.54) is 38.5 Å². The molecule has 0 unspecified atom stereocenters. The Hall–Kier alpha value is -5.26. The molecule has 8 rings (SSSR count). The fourth-order valence-electron chi connectivity index (χ4n) is 8.82. The lowest BCUT2D eigenvalue weighted by Crippen LogP contribution is -2.57. The van der Waals surface area contributed by atoms with Crippen LogP contribution in [0.5, 0.6) is 23.0 Å². The summed E-state index contributed by atoms with van der Waals surface area (Å²) in [6.07, 6.45) is 11.5. The van der Waals surface area contributed by atoms with Crippen molar-refractivity contribution in [3.05, 3.63) is 146 Å². The molecule has 6 aromatic carbocycles. The van der Waals surface area contributed by atoms with Gasteiger partial charge in [-0.1, -0.05) is 209 Å². The SMILES string of the molecule is Oc1c(-c2ccccc2)cccc1-c1ccccc1O[Si-](Oc1ccccc1-c1cccc(-c2ccccc2)c1O)(C1CCCCC1)C1CCCCC1. The molecular weight excluding hydrogens is 669 g/mol. The van der Waals surface area contributed by atoms with Gasteiger partial charge in [0.2, 0.25) is 0 Å². The van der Waals surface area contributed by atoms with Crippen molar-refractivity contribution < 1.29 is 19.1 Å². The smallest absolute Gasteiger partial charge is 0.252 e. The molecule has 0 atom stereocenters. The molecule has 2 fully saturated rings. The highest BCUT2D eigenvalue weighted by molar-refractivity contribution is 6.72. The van der Waals surface area contributed by atoms with Gasteiger partial charge in [0.25, 0.3) is 8.56 Å². The van der Waals surface area contributed by atoms with Gasteiger partial charge in [0.15, 0.2) is 0 Å². The normalized spacial score (nSPS) is 15.5. The van der Waals surface area contributed by atoms with Crippen LogP contribution in [0.4, 0.5) is 0 Å². The van der Waals surface area contributed by atoms with Crippen LogP contribution in [0.1, 0.15) is 64.2 Å². The summed E-state index contributed by atoms with van der Waals surface area (Å²) in [5.74, 6) is 2.03. The first-order valence-corrected chi connectivity index (χ1v) is 21.4. The number of phenols is 2. The average molecular weight is 717 g/mol. The lowest BCUT2D eigenvalue weighted by molar-refractivity contribution is 0.291. The molecule has 6 aromatic rings. The van der Waals surface area contributed by atoms with Crippen molar-refractivity contribution in [1.29, 1.82) is 0 Å². The Kier molecular flexibility index (Phi) is 10.4. The van der Waals surface area contributed by atoms with E-state index < -0.39 is 8.56 Å². The van der Waals surface area contributed by atoms with Crippen LogP contribution in [0.3, 0.4) is 0 Å². The van der Waals surface area contributed by atoms with E-state index in [0.717, 1.165) is 81.7 Å². The maximum atomic E-state index is 11.8. The maximum Gasteiger partial charge on any atom is 0.252 e. The molecule has 53 heavy (non-hydrogen) atoms. The Morgan fingerprint density at radius 2 is 0.698 bits per heavy atom. The van der Waals surface area contributed by atoms with Gasteiger partial charge in [-0.3, -0.25) is 0 Å². The minimum absolute atomic E-state index is 0.248. The van der Waals surface area contributed by atoms with Crippen molar-refractivity contribution in [1.82, 2.24) is 0 Å². The number of rotatable bonds is 10. The first kappa shape index (κ1) is 34.8. The summed E-state index contributed by atoms with van der Waals surface area (Å²) in [4.78, 5) is 0. The average Bonchev–Trinajstić information content (AvgIpc) is 3.23. The Labute approximate surface area is 315 Å². The topological polar surface area (TPSA) is 58.9 Å². The highest BCUT2D eigenvalue weighted by Crippen LogP contribution is 2.53. The predicted molar refractivity (Wildman–Crippen MR) is 219 cm³/mol. The zero-order valence-electron chi connectivity index (χ0n) is 30.3. The summed E-state index contributed by atoms with van der Waals surface area (Å²) in [7, 11) is -3.16. The van der Waals surface area contributed by atoms with Crippen LogP contribution >= 0.6 is 0 Å². The van der Waals surface area contributed by atoms with Crippen LogP contribution in [-0.4, -0.2) is 18.8 Å². The van der Waals surface area contributed by atoms with Crippen molar-refractivity contribution in [3.8, 4) is 67.5 Å². The van der Waals surface area contributed by atoms with Crippen LogP contribution in [0, 0.1) is 0 Å². The molecule has 0 aromatic heterocycles. The van der Waals surface area contributed by atoms with Gasteiger partial charge in [0, 0.05) is 33.4 Å². The molecule has 2 saturated carbocycles. The van der Waals surface area contributed by atoms with Crippen molar-refractivity contribution in [2.24, 2.45) is 0 Å². The first-order valence-electron chi connectivity index (χ1n) is 19.4. The third-order valence-electron chi connectivity index (χ3n) is 11.5. The van der Waals surface area contributed by atoms with Crippen molar-refractivity contribution in [3.63, 3.8) is 0 Å².